The van der Waals surface area contributed by atoms with E-state index in [1.54, 1.807) is 6.07 Å². The number of carbonyl (C=O) groups is 1. The number of fused-ring (bicyclic) bond motifs is 3. The zero-order chi connectivity index (χ0) is 21.4. The highest BCUT2D eigenvalue weighted by atomic mass is 16.5. The Morgan fingerprint density at radius 1 is 1.00 bits per heavy atom. The lowest BCUT2D eigenvalue weighted by Gasteiger charge is -2.27. The van der Waals surface area contributed by atoms with Gasteiger partial charge in [0.2, 0.25) is 0 Å². The third-order valence-corrected chi connectivity index (χ3v) is 5.71. The predicted octanol–water partition coefficient (Wildman–Crippen LogP) is 6.14. The standard InChI is InChI=1S/C27H22O4/c1-17-13-20(14-25(26(17)29)30-16-18-7-3-2-4-8-18)24-15-23(28)22-12-11-19-9-5-6-10-21(19)27(22)31-24/h2-14,24,29H,15-16H2,1H3. The molecule has 0 fully saturated rings. The second-order valence-electron chi connectivity index (χ2n) is 7.86. The molecule has 0 radical (unpaired) electrons. The number of aromatic hydroxyl groups is 1. The van der Waals surface area contributed by atoms with Gasteiger partial charge in [-0.2, -0.15) is 0 Å². The first-order valence-electron chi connectivity index (χ1n) is 10.3. The highest BCUT2D eigenvalue weighted by Crippen LogP contribution is 2.42. The third-order valence-electron chi connectivity index (χ3n) is 5.71. The molecule has 0 bridgehead atoms. The average Bonchev–Trinajstić information content (AvgIpc) is 2.80. The third kappa shape index (κ3) is 3.61. The molecule has 1 N–H and O–H groups in total. The Morgan fingerprint density at radius 3 is 2.61 bits per heavy atom. The topological polar surface area (TPSA) is 55.8 Å². The van der Waals surface area contributed by atoms with Crippen LogP contribution < -0.4 is 9.47 Å². The second-order valence-corrected chi connectivity index (χ2v) is 7.86. The van der Waals surface area contributed by atoms with Gasteiger partial charge in [-0.3, -0.25) is 4.79 Å². The lowest BCUT2D eigenvalue weighted by Crippen LogP contribution is -2.20. The van der Waals surface area contributed by atoms with E-state index >= 15 is 0 Å². The van der Waals surface area contributed by atoms with Gasteiger partial charge in [0.25, 0.3) is 0 Å². The van der Waals surface area contributed by atoms with E-state index < -0.39 is 6.10 Å². The summed E-state index contributed by atoms with van der Waals surface area (Å²) in [6, 6.07) is 25.1. The van der Waals surface area contributed by atoms with Crippen LogP contribution in [0.5, 0.6) is 17.2 Å². The van der Waals surface area contributed by atoms with Gasteiger partial charge < -0.3 is 14.6 Å². The van der Waals surface area contributed by atoms with Gasteiger partial charge in [-0.1, -0.05) is 60.7 Å². The summed E-state index contributed by atoms with van der Waals surface area (Å²) in [5.74, 6) is 1.16. The van der Waals surface area contributed by atoms with Crippen molar-refractivity contribution in [2.75, 3.05) is 0 Å². The number of aryl methyl sites for hydroxylation is 1. The molecule has 154 valence electrons. The fraction of sp³-hybridized carbons (Fsp3) is 0.148. The van der Waals surface area contributed by atoms with Crippen LogP contribution in [0.25, 0.3) is 10.8 Å². The van der Waals surface area contributed by atoms with Crippen LogP contribution in [-0.4, -0.2) is 10.9 Å². The first-order chi connectivity index (χ1) is 15.1. The molecule has 0 spiro atoms. The van der Waals surface area contributed by atoms with Crippen LogP contribution in [0.15, 0.2) is 78.9 Å². The van der Waals surface area contributed by atoms with E-state index in [0.29, 0.717) is 29.2 Å². The van der Waals surface area contributed by atoms with Crippen LogP contribution in [0.1, 0.15) is 39.6 Å². The van der Waals surface area contributed by atoms with E-state index in [2.05, 4.69) is 0 Å². The molecule has 0 aliphatic carbocycles. The summed E-state index contributed by atoms with van der Waals surface area (Å²) >= 11 is 0. The molecular formula is C27H22O4. The number of hydrogen-bond donors (Lipinski definition) is 1. The van der Waals surface area contributed by atoms with Crippen molar-refractivity contribution in [3.05, 3.63) is 101 Å². The highest BCUT2D eigenvalue weighted by molar-refractivity contribution is 6.06. The van der Waals surface area contributed by atoms with Crippen molar-refractivity contribution >= 4 is 16.6 Å². The van der Waals surface area contributed by atoms with Gasteiger partial charge in [0, 0.05) is 5.39 Å². The molecule has 1 heterocycles. The Hall–Kier alpha value is -3.79. The SMILES string of the molecule is Cc1cc(C2CC(=O)c3ccc4ccccc4c3O2)cc(OCc2ccccc2)c1O. The summed E-state index contributed by atoms with van der Waals surface area (Å²) in [7, 11) is 0. The molecular weight excluding hydrogens is 388 g/mol. The number of phenols is 1. The van der Waals surface area contributed by atoms with Crippen molar-refractivity contribution in [2.24, 2.45) is 0 Å². The maximum absolute atomic E-state index is 12.9. The number of rotatable bonds is 4. The Kier molecular flexibility index (Phi) is 4.83. The van der Waals surface area contributed by atoms with Crippen LogP contribution in [0.2, 0.25) is 0 Å². The van der Waals surface area contributed by atoms with Gasteiger partial charge in [-0.25, -0.2) is 0 Å². The quantitative estimate of drug-likeness (QED) is 0.439. The van der Waals surface area contributed by atoms with Gasteiger partial charge >= 0.3 is 0 Å². The Morgan fingerprint density at radius 2 is 1.77 bits per heavy atom. The first-order valence-corrected chi connectivity index (χ1v) is 10.3. The highest BCUT2D eigenvalue weighted by Gasteiger charge is 2.30. The second kappa shape index (κ2) is 7.80. The molecule has 0 saturated heterocycles. The van der Waals surface area contributed by atoms with Crippen molar-refractivity contribution in [2.45, 2.75) is 26.1 Å². The largest absolute Gasteiger partial charge is 0.504 e. The maximum atomic E-state index is 12.9. The minimum absolute atomic E-state index is 0.0504. The number of ether oxygens (including phenoxy) is 2. The molecule has 0 saturated carbocycles. The fourth-order valence-corrected chi connectivity index (χ4v) is 4.04. The molecule has 1 atom stereocenters. The van der Waals surface area contributed by atoms with E-state index in [1.165, 1.54) is 0 Å². The van der Waals surface area contributed by atoms with Gasteiger partial charge in [0.1, 0.15) is 18.5 Å². The minimum Gasteiger partial charge on any atom is -0.504 e. The lowest BCUT2D eigenvalue weighted by atomic mass is 9.93. The Bertz CT molecular complexity index is 1280. The van der Waals surface area contributed by atoms with Gasteiger partial charge in [0.15, 0.2) is 17.3 Å². The molecule has 4 heteroatoms. The maximum Gasteiger partial charge on any atom is 0.170 e. The minimum atomic E-state index is -0.441. The molecule has 4 aromatic carbocycles. The lowest BCUT2D eigenvalue weighted by molar-refractivity contribution is 0.0853. The molecule has 0 aromatic heterocycles. The zero-order valence-electron chi connectivity index (χ0n) is 17.2. The van der Waals surface area contributed by atoms with Crippen molar-refractivity contribution < 1.29 is 19.4 Å². The molecule has 31 heavy (non-hydrogen) atoms. The Balaban J connectivity index is 1.49. The molecule has 5 rings (SSSR count). The van der Waals surface area contributed by atoms with Gasteiger partial charge in [-0.15, -0.1) is 0 Å². The van der Waals surface area contributed by atoms with E-state index in [0.717, 1.165) is 21.9 Å². The average molecular weight is 410 g/mol. The van der Waals surface area contributed by atoms with E-state index in [9.17, 15) is 9.90 Å². The number of phenolic OH excluding ortho intramolecular Hbond substituents is 1. The molecule has 0 amide bonds. The summed E-state index contributed by atoms with van der Waals surface area (Å²) in [6.07, 6.45) is -0.197. The molecule has 4 aromatic rings. The molecule has 1 aliphatic rings. The van der Waals surface area contributed by atoms with Gasteiger partial charge in [-0.05, 0) is 47.2 Å². The van der Waals surface area contributed by atoms with Crippen LogP contribution in [0.3, 0.4) is 0 Å². The van der Waals surface area contributed by atoms with Crippen molar-refractivity contribution in [1.82, 2.24) is 0 Å². The molecule has 4 nitrogen and oxygen atoms in total. The monoisotopic (exact) mass is 410 g/mol. The summed E-state index contributed by atoms with van der Waals surface area (Å²) in [4.78, 5) is 12.9. The number of hydrogen-bond acceptors (Lipinski definition) is 4. The molecule has 1 aliphatic heterocycles. The van der Waals surface area contributed by atoms with Crippen LogP contribution >= 0.6 is 0 Å². The fourth-order valence-electron chi connectivity index (χ4n) is 4.04. The van der Waals surface area contributed by atoms with Crippen LogP contribution in [0, 0.1) is 6.92 Å². The van der Waals surface area contributed by atoms with E-state index in [1.807, 2.05) is 79.7 Å². The van der Waals surface area contributed by atoms with E-state index in [4.69, 9.17) is 9.47 Å². The number of carbonyl (C=O) groups excluding carboxylic acids is 1. The number of ketones is 1. The first kappa shape index (κ1) is 19.2. The van der Waals surface area contributed by atoms with E-state index in [-0.39, 0.29) is 18.0 Å². The summed E-state index contributed by atoms with van der Waals surface area (Å²) in [5, 5.41) is 12.5. The van der Waals surface area contributed by atoms with Crippen LogP contribution in [-0.2, 0) is 6.61 Å². The summed E-state index contributed by atoms with van der Waals surface area (Å²) in [5.41, 5.74) is 3.12. The van der Waals surface area contributed by atoms with Crippen LogP contribution in [0.4, 0.5) is 0 Å². The summed E-state index contributed by atoms with van der Waals surface area (Å²) in [6.45, 7) is 2.16. The van der Waals surface area contributed by atoms with Crippen molar-refractivity contribution in [1.29, 1.82) is 0 Å². The smallest absolute Gasteiger partial charge is 0.170 e. The molecule has 1 unspecified atom stereocenters. The Labute approximate surface area is 180 Å². The zero-order valence-corrected chi connectivity index (χ0v) is 17.2. The normalized spacial score (nSPS) is 15.4. The van der Waals surface area contributed by atoms with Crippen molar-refractivity contribution in [3.63, 3.8) is 0 Å². The van der Waals surface area contributed by atoms with Crippen molar-refractivity contribution in [3.8, 4) is 17.2 Å². The number of benzene rings is 4. The van der Waals surface area contributed by atoms with Gasteiger partial charge in [0.05, 0.1) is 12.0 Å². The summed E-state index contributed by atoms with van der Waals surface area (Å²) < 4.78 is 12.3. The number of Topliss-reactive ketones (excluding diaryl/α,β-unsaturated/α-hetero) is 1. The predicted molar refractivity (Wildman–Crippen MR) is 120 cm³/mol.